The van der Waals surface area contributed by atoms with Crippen LogP contribution in [0.1, 0.15) is 25.3 Å². The normalized spacial score (nSPS) is 20.4. The fraction of sp³-hybridized carbons (Fsp3) is 0.500. The van der Waals surface area contributed by atoms with Gasteiger partial charge in [-0.05, 0) is 25.3 Å². The van der Waals surface area contributed by atoms with Gasteiger partial charge in [-0.1, -0.05) is 30.3 Å². The van der Waals surface area contributed by atoms with Gasteiger partial charge in [0.25, 0.3) is 0 Å². The smallest absolute Gasteiger partial charge is 0.407 e. The Bertz CT molecular complexity index is 374. The molecule has 0 aromatic heterocycles. The fourth-order valence-corrected chi connectivity index (χ4v) is 2.04. The van der Waals surface area contributed by atoms with Crippen molar-refractivity contribution in [3.63, 3.8) is 0 Å². The van der Waals surface area contributed by atoms with Crippen molar-refractivity contribution in [2.45, 2.75) is 38.5 Å². The van der Waals surface area contributed by atoms with Crippen molar-refractivity contribution >= 4 is 6.09 Å². The molecule has 0 unspecified atom stereocenters. The summed E-state index contributed by atoms with van der Waals surface area (Å²) >= 11 is 0. The van der Waals surface area contributed by atoms with E-state index in [0.29, 0.717) is 6.61 Å². The molecule has 1 saturated heterocycles. The Morgan fingerprint density at radius 3 is 2.94 bits per heavy atom. The van der Waals surface area contributed by atoms with Crippen LogP contribution in [0.25, 0.3) is 0 Å². The van der Waals surface area contributed by atoms with Gasteiger partial charge in [-0.15, -0.1) is 0 Å². The number of hydrogen-bond acceptors (Lipinski definition) is 3. The van der Waals surface area contributed by atoms with E-state index >= 15 is 0 Å². The molecule has 1 amide bonds. The van der Waals surface area contributed by atoms with Crippen molar-refractivity contribution in [2.24, 2.45) is 0 Å². The third-order valence-electron chi connectivity index (χ3n) is 3.08. The van der Waals surface area contributed by atoms with Crippen LogP contribution >= 0.6 is 0 Å². The second-order valence-electron chi connectivity index (χ2n) is 4.55. The molecule has 1 fully saturated rings. The maximum atomic E-state index is 11.6. The van der Waals surface area contributed by atoms with Crippen LogP contribution in [0, 0.1) is 0 Å². The average molecular weight is 249 g/mol. The first kappa shape index (κ1) is 12.9. The number of nitrogens with one attached hydrogen (secondary N) is 1. The lowest BCUT2D eigenvalue weighted by Crippen LogP contribution is -2.41. The summed E-state index contributed by atoms with van der Waals surface area (Å²) in [6.45, 7) is 3.03. The van der Waals surface area contributed by atoms with Crippen LogP contribution in [-0.2, 0) is 16.1 Å². The first-order chi connectivity index (χ1) is 8.75. The highest BCUT2D eigenvalue weighted by atomic mass is 16.5. The maximum absolute atomic E-state index is 11.6. The van der Waals surface area contributed by atoms with Gasteiger partial charge in [0.2, 0.25) is 0 Å². The topological polar surface area (TPSA) is 47.6 Å². The molecule has 1 N–H and O–H groups in total. The van der Waals surface area contributed by atoms with Crippen LogP contribution < -0.4 is 5.32 Å². The molecule has 1 aromatic carbocycles. The van der Waals surface area contributed by atoms with Crippen LogP contribution in [0.15, 0.2) is 30.3 Å². The summed E-state index contributed by atoms with van der Waals surface area (Å²) in [5, 5.41) is 2.81. The van der Waals surface area contributed by atoms with Gasteiger partial charge in [-0.25, -0.2) is 4.79 Å². The Balaban J connectivity index is 1.71. The number of ether oxygens (including phenoxy) is 2. The Labute approximate surface area is 107 Å². The molecule has 4 heteroatoms. The van der Waals surface area contributed by atoms with E-state index in [0.717, 1.165) is 25.0 Å². The zero-order valence-electron chi connectivity index (χ0n) is 10.6. The van der Waals surface area contributed by atoms with Crippen molar-refractivity contribution in [1.82, 2.24) is 5.32 Å². The van der Waals surface area contributed by atoms with E-state index in [4.69, 9.17) is 9.47 Å². The van der Waals surface area contributed by atoms with Crippen molar-refractivity contribution in [2.75, 3.05) is 6.61 Å². The second kappa shape index (κ2) is 6.40. The van der Waals surface area contributed by atoms with Gasteiger partial charge in [0.1, 0.15) is 6.61 Å². The van der Waals surface area contributed by atoms with Gasteiger partial charge in [0.15, 0.2) is 0 Å². The molecule has 2 atom stereocenters. The van der Waals surface area contributed by atoms with E-state index in [1.54, 1.807) is 0 Å². The molecule has 4 nitrogen and oxygen atoms in total. The second-order valence-corrected chi connectivity index (χ2v) is 4.55. The van der Waals surface area contributed by atoms with Crippen LogP contribution in [0.5, 0.6) is 0 Å². The molecule has 18 heavy (non-hydrogen) atoms. The highest BCUT2D eigenvalue weighted by Crippen LogP contribution is 2.15. The van der Waals surface area contributed by atoms with Crippen molar-refractivity contribution in [1.29, 1.82) is 0 Å². The first-order valence-electron chi connectivity index (χ1n) is 6.34. The van der Waals surface area contributed by atoms with Gasteiger partial charge in [-0.2, -0.15) is 0 Å². The number of alkyl carbamates (subject to hydrolysis) is 1. The van der Waals surface area contributed by atoms with Crippen LogP contribution in [-0.4, -0.2) is 24.8 Å². The summed E-state index contributed by atoms with van der Waals surface area (Å²) in [6, 6.07) is 9.63. The van der Waals surface area contributed by atoms with Gasteiger partial charge in [0.05, 0.1) is 12.1 Å². The number of hydrogen-bond donors (Lipinski definition) is 1. The molecule has 0 aliphatic carbocycles. The standard InChI is InChI=1S/C14H19NO3/c1-11(13-8-5-9-17-13)15-14(16)18-10-12-6-3-2-4-7-12/h2-4,6-7,11,13H,5,8-10H2,1H3,(H,15,16)/t11-,13+/m1/s1. The summed E-state index contributed by atoms with van der Waals surface area (Å²) in [5.41, 5.74) is 0.984. The van der Waals surface area contributed by atoms with Crippen molar-refractivity contribution < 1.29 is 14.3 Å². The third kappa shape index (κ3) is 3.74. The van der Waals surface area contributed by atoms with Crippen molar-refractivity contribution in [3.8, 4) is 0 Å². The Morgan fingerprint density at radius 1 is 1.50 bits per heavy atom. The molecule has 0 radical (unpaired) electrons. The summed E-state index contributed by atoms with van der Waals surface area (Å²) in [7, 11) is 0. The van der Waals surface area contributed by atoms with Gasteiger partial charge < -0.3 is 14.8 Å². The molecule has 2 rings (SSSR count). The van der Waals surface area contributed by atoms with E-state index in [-0.39, 0.29) is 18.2 Å². The summed E-state index contributed by atoms with van der Waals surface area (Å²) in [4.78, 5) is 11.6. The van der Waals surface area contributed by atoms with E-state index in [1.165, 1.54) is 0 Å². The SMILES string of the molecule is C[C@@H](NC(=O)OCc1ccccc1)[C@@H]1CCCO1. The Hall–Kier alpha value is -1.55. The van der Waals surface area contributed by atoms with Crippen LogP contribution in [0.4, 0.5) is 4.79 Å². The van der Waals surface area contributed by atoms with Crippen LogP contribution in [0.2, 0.25) is 0 Å². The van der Waals surface area contributed by atoms with Crippen LogP contribution in [0.3, 0.4) is 0 Å². The highest BCUT2D eigenvalue weighted by molar-refractivity contribution is 5.67. The lowest BCUT2D eigenvalue weighted by atomic mass is 10.1. The molecule has 1 heterocycles. The molecule has 0 saturated carbocycles. The highest BCUT2D eigenvalue weighted by Gasteiger charge is 2.23. The Morgan fingerprint density at radius 2 is 2.28 bits per heavy atom. The minimum absolute atomic E-state index is 0.00391. The predicted octanol–water partition coefficient (Wildman–Crippen LogP) is 2.48. The fourth-order valence-electron chi connectivity index (χ4n) is 2.04. The zero-order valence-corrected chi connectivity index (χ0v) is 10.6. The largest absolute Gasteiger partial charge is 0.445 e. The predicted molar refractivity (Wildman–Crippen MR) is 68.2 cm³/mol. The number of rotatable bonds is 4. The number of amides is 1. The lowest BCUT2D eigenvalue weighted by molar-refractivity contribution is 0.0757. The molecular weight excluding hydrogens is 230 g/mol. The van der Waals surface area contributed by atoms with E-state index in [1.807, 2.05) is 37.3 Å². The minimum atomic E-state index is -0.387. The molecule has 0 spiro atoms. The van der Waals surface area contributed by atoms with E-state index in [9.17, 15) is 4.79 Å². The zero-order chi connectivity index (χ0) is 12.8. The van der Waals surface area contributed by atoms with E-state index < -0.39 is 0 Å². The van der Waals surface area contributed by atoms with Gasteiger partial charge in [0, 0.05) is 6.61 Å². The quantitative estimate of drug-likeness (QED) is 0.891. The summed E-state index contributed by atoms with van der Waals surface area (Å²) in [6.07, 6.45) is 1.80. The molecule has 0 bridgehead atoms. The van der Waals surface area contributed by atoms with Gasteiger partial charge >= 0.3 is 6.09 Å². The van der Waals surface area contributed by atoms with Gasteiger partial charge in [-0.3, -0.25) is 0 Å². The monoisotopic (exact) mass is 249 g/mol. The molecule has 98 valence electrons. The summed E-state index contributed by atoms with van der Waals surface area (Å²) in [5.74, 6) is 0. The molecule has 1 aliphatic rings. The Kier molecular flexibility index (Phi) is 4.59. The lowest BCUT2D eigenvalue weighted by Gasteiger charge is -2.19. The number of carbonyl (C=O) groups excluding carboxylic acids is 1. The van der Waals surface area contributed by atoms with Crippen molar-refractivity contribution in [3.05, 3.63) is 35.9 Å². The molecule has 1 aliphatic heterocycles. The van der Waals surface area contributed by atoms with E-state index in [2.05, 4.69) is 5.32 Å². The third-order valence-corrected chi connectivity index (χ3v) is 3.08. The number of benzene rings is 1. The molecular formula is C14H19NO3. The maximum Gasteiger partial charge on any atom is 0.407 e. The summed E-state index contributed by atoms with van der Waals surface area (Å²) < 4.78 is 10.7. The molecule has 1 aromatic rings. The first-order valence-corrected chi connectivity index (χ1v) is 6.34. The number of carbonyl (C=O) groups is 1. The minimum Gasteiger partial charge on any atom is -0.445 e. The average Bonchev–Trinajstić information content (AvgIpc) is 2.91.